The number of nitrogens with one attached hydrogen (secondary N) is 1. The van der Waals surface area contributed by atoms with Crippen LogP contribution in [0, 0.1) is 0 Å². The number of amides is 1. The van der Waals surface area contributed by atoms with E-state index >= 15 is 0 Å². The Kier molecular flexibility index (Phi) is 5.99. The van der Waals surface area contributed by atoms with Gasteiger partial charge in [0.25, 0.3) is 5.91 Å². The average molecular weight is 291 g/mol. The summed E-state index contributed by atoms with van der Waals surface area (Å²) in [6.07, 6.45) is 4.86. The third kappa shape index (κ3) is 4.43. The van der Waals surface area contributed by atoms with Crippen molar-refractivity contribution in [3.8, 4) is 0 Å². The molecule has 1 saturated heterocycles. The lowest BCUT2D eigenvalue weighted by Gasteiger charge is -2.31. The Morgan fingerprint density at radius 1 is 1.38 bits per heavy atom. The molecule has 1 fully saturated rings. The van der Waals surface area contributed by atoms with Crippen LogP contribution < -0.4 is 5.32 Å². The van der Waals surface area contributed by atoms with Crippen molar-refractivity contribution in [2.75, 3.05) is 31.6 Å². The van der Waals surface area contributed by atoms with E-state index in [0.717, 1.165) is 51.3 Å². The third-order valence-corrected chi connectivity index (χ3v) is 3.70. The molecule has 0 spiro atoms. The minimum Gasteiger partial charge on any atom is -0.378 e. The fourth-order valence-electron chi connectivity index (χ4n) is 2.52. The highest BCUT2D eigenvalue weighted by Gasteiger charge is 2.23. The SMILES string of the molecule is CCCNc1ccc(C(=O)N2CCC(OCC)CC2)cn1. The zero-order valence-electron chi connectivity index (χ0n) is 13.0. The molecule has 0 saturated carbocycles. The van der Waals surface area contributed by atoms with E-state index < -0.39 is 0 Å². The van der Waals surface area contributed by atoms with Gasteiger partial charge >= 0.3 is 0 Å². The molecule has 1 aliphatic heterocycles. The van der Waals surface area contributed by atoms with Crippen LogP contribution in [0.5, 0.6) is 0 Å². The smallest absolute Gasteiger partial charge is 0.255 e. The van der Waals surface area contributed by atoms with Gasteiger partial charge in [-0.05, 0) is 38.3 Å². The second kappa shape index (κ2) is 7.98. The zero-order valence-corrected chi connectivity index (χ0v) is 13.0. The van der Waals surface area contributed by atoms with Crippen molar-refractivity contribution in [2.45, 2.75) is 39.2 Å². The number of carbonyl (C=O) groups is 1. The van der Waals surface area contributed by atoms with Crippen LogP contribution >= 0.6 is 0 Å². The Morgan fingerprint density at radius 2 is 2.14 bits per heavy atom. The predicted octanol–water partition coefficient (Wildman–Crippen LogP) is 2.54. The summed E-state index contributed by atoms with van der Waals surface area (Å²) in [6.45, 7) is 7.28. The number of hydrogen-bond acceptors (Lipinski definition) is 4. The summed E-state index contributed by atoms with van der Waals surface area (Å²) in [4.78, 5) is 18.6. The Labute approximate surface area is 126 Å². The minimum atomic E-state index is 0.0690. The Hall–Kier alpha value is -1.62. The van der Waals surface area contributed by atoms with Gasteiger partial charge in [0.15, 0.2) is 0 Å². The van der Waals surface area contributed by atoms with E-state index in [1.165, 1.54) is 0 Å². The van der Waals surface area contributed by atoms with Crippen molar-refractivity contribution in [1.29, 1.82) is 0 Å². The topological polar surface area (TPSA) is 54.5 Å². The van der Waals surface area contributed by atoms with Crippen molar-refractivity contribution >= 4 is 11.7 Å². The van der Waals surface area contributed by atoms with Crippen molar-refractivity contribution in [2.24, 2.45) is 0 Å². The molecule has 1 aromatic rings. The fourth-order valence-corrected chi connectivity index (χ4v) is 2.52. The molecule has 116 valence electrons. The largest absolute Gasteiger partial charge is 0.378 e. The first-order valence-corrected chi connectivity index (χ1v) is 7.85. The highest BCUT2D eigenvalue weighted by Crippen LogP contribution is 2.16. The quantitative estimate of drug-likeness (QED) is 0.875. The normalized spacial score (nSPS) is 16.0. The van der Waals surface area contributed by atoms with Gasteiger partial charge in [0.05, 0.1) is 11.7 Å². The lowest BCUT2D eigenvalue weighted by Crippen LogP contribution is -2.40. The maximum Gasteiger partial charge on any atom is 0.255 e. The van der Waals surface area contributed by atoms with Crippen molar-refractivity contribution in [3.05, 3.63) is 23.9 Å². The first kappa shape index (κ1) is 15.8. The lowest BCUT2D eigenvalue weighted by atomic mass is 10.1. The number of rotatable bonds is 6. The molecule has 21 heavy (non-hydrogen) atoms. The summed E-state index contributed by atoms with van der Waals surface area (Å²) in [5.74, 6) is 0.892. The molecule has 5 nitrogen and oxygen atoms in total. The number of aromatic nitrogens is 1. The van der Waals surface area contributed by atoms with Crippen molar-refractivity contribution < 1.29 is 9.53 Å². The van der Waals surface area contributed by atoms with Crippen LogP contribution in [-0.2, 0) is 4.74 Å². The number of carbonyl (C=O) groups excluding carboxylic acids is 1. The van der Waals surface area contributed by atoms with Gasteiger partial charge in [0, 0.05) is 32.4 Å². The number of nitrogens with zero attached hydrogens (tertiary/aromatic N) is 2. The fraction of sp³-hybridized carbons (Fsp3) is 0.625. The standard InChI is InChI=1S/C16H25N3O2/c1-3-9-17-15-6-5-13(12-18-15)16(20)19-10-7-14(8-11-19)21-4-2/h5-6,12,14H,3-4,7-11H2,1-2H3,(H,17,18). The molecule has 0 atom stereocenters. The number of anilines is 1. The Balaban J connectivity index is 1.88. The molecular formula is C16H25N3O2. The van der Waals surface area contributed by atoms with Crippen LogP contribution in [0.4, 0.5) is 5.82 Å². The second-order valence-corrected chi connectivity index (χ2v) is 5.31. The first-order chi connectivity index (χ1) is 10.2. The molecule has 2 heterocycles. The second-order valence-electron chi connectivity index (χ2n) is 5.31. The highest BCUT2D eigenvalue weighted by atomic mass is 16.5. The number of pyridine rings is 1. The molecule has 0 aromatic carbocycles. The van der Waals surface area contributed by atoms with E-state index in [1.54, 1.807) is 6.20 Å². The van der Waals surface area contributed by atoms with Crippen LogP contribution in [0.2, 0.25) is 0 Å². The molecule has 1 aromatic heterocycles. The lowest BCUT2D eigenvalue weighted by molar-refractivity contribution is 0.0146. The molecule has 0 radical (unpaired) electrons. The van der Waals surface area contributed by atoms with E-state index in [0.29, 0.717) is 11.7 Å². The van der Waals surface area contributed by atoms with Crippen LogP contribution in [0.15, 0.2) is 18.3 Å². The molecule has 1 aliphatic rings. The van der Waals surface area contributed by atoms with Crippen LogP contribution in [0.1, 0.15) is 43.5 Å². The Bertz CT molecular complexity index is 439. The maximum atomic E-state index is 12.4. The predicted molar refractivity (Wildman–Crippen MR) is 83.6 cm³/mol. The van der Waals surface area contributed by atoms with E-state index in [2.05, 4.69) is 17.2 Å². The summed E-state index contributed by atoms with van der Waals surface area (Å²) in [5.41, 5.74) is 0.659. The van der Waals surface area contributed by atoms with Gasteiger partial charge in [-0.2, -0.15) is 0 Å². The van der Waals surface area contributed by atoms with Gasteiger partial charge in [0.1, 0.15) is 5.82 Å². The molecule has 2 rings (SSSR count). The summed E-state index contributed by atoms with van der Waals surface area (Å²) < 4.78 is 5.61. The highest BCUT2D eigenvalue weighted by molar-refractivity contribution is 5.94. The number of likely N-dealkylation sites (tertiary alicyclic amines) is 1. The van der Waals surface area contributed by atoms with Crippen LogP contribution in [0.3, 0.4) is 0 Å². The van der Waals surface area contributed by atoms with Gasteiger partial charge in [-0.15, -0.1) is 0 Å². The first-order valence-electron chi connectivity index (χ1n) is 7.85. The zero-order chi connectivity index (χ0) is 15.1. The molecule has 0 bridgehead atoms. The number of piperidine rings is 1. The molecular weight excluding hydrogens is 266 g/mol. The van der Waals surface area contributed by atoms with E-state index in [4.69, 9.17) is 4.74 Å². The van der Waals surface area contributed by atoms with E-state index in [9.17, 15) is 4.79 Å². The molecule has 0 unspecified atom stereocenters. The minimum absolute atomic E-state index is 0.0690. The van der Waals surface area contributed by atoms with Gasteiger partial charge in [0.2, 0.25) is 0 Å². The van der Waals surface area contributed by atoms with Gasteiger partial charge in [-0.1, -0.05) is 6.92 Å². The summed E-state index contributed by atoms with van der Waals surface area (Å²) >= 11 is 0. The van der Waals surface area contributed by atoms with Gasteiger partial charge in [-0.25, -0.2) is 4.98 Å². The number of hydrogen-bond donors (Lipinski definition) is 1. The van der Waals surface area contributed by atoms with E-state index in [1.807, 2.05) is 24.0 Å². The van der Waals surface area contributed by atoms with Crippen molar-refractivity contribution in [1.82, 2.24) is 9.88 Å². The van der Waals surface area contributed by atoms with Crippen LogP contribution in [-0.4, -0.2) is 48.1 Å². The molecule has 0 aliphatic carbocycles. The summed E-state index contributed by atoms with van der Waals surface area (Å²) in [6, 6.07) is 3.72. The third-order valence-electron chi connectivity index (χ3n) is 3.70. The van der Waals surface area contributed by atoms with Gasteiger partial charge < -0.3 is 15.0 Å². The monoisotopic (exact) mass is 291 g/mol. The summed E-state index contributed by atoms with van der Waals surface area (Å²) in [5, 5.41) is 3.21. The molecule has 1 N–H and O–H groups in total. The van der Waals surface area contributed by atoms with Crippen LogP contribution in [0.25, 0.3) is 0 Å². The Morgan fingerprint density at radius 3 is 2.71 bits per heavy atom. The maximum absolute atomic E-state index is 12.4. The number of ether oxygens (including phenoxy) is 1. The van der Waals surface area contributed by atoms with E-state index in [-0.39, 0.29) is 5.91 Å². The molecule has 1 amide bonds. The average Bonchev–Trinajstić information content (AvgIpc) is 2.54. The van der Waals surface area contributed by atoms with Crippen molar-refractivity contribution in [3.63, 3.8) is 0 Å². The van der Waals surface area contributed by atoms with Gasteiger partial charge in [-0.3, -0.25) is 4.79 Å². The summed E-state index contributed by atoms with van der Waals surface area (Å²) in [7, 11) is 0. The molecule has 5 heteroatoms.